The molecule has 0 saturated heterocycles. The van der Waals surface area contributed by atoms with Gasteiger partial charge in [-0.25, -0.2) is 9.78 Å². The van der Waals surface area contributed by atoms with Crippen molar-refractivity contribution in [3.05, 3.63) is 104 Å². The van der Waals surface area contributed by atoms with Gasteiger partial charge in [-0.2, -0.15) is 0 Å². The lowest BCUT2D eigenvalue weighted by molar-refractivity contribution is 0.0935. The number of hydrogen-bond acceptors (Lipinski definition) is 6. The van der Waals surface area contributed by atoms with E-state index in [1.807, 2.05) is 0 Å². The molecule has 4 aromatic heterocycles. The Labute approximate surface area is 197 Å². The number of aryl methyl sites for hydroxylation is 1. The number of hydrogen-bond donors (Lipinski definition) is 3. The van der Waals surface area contributed by atoms with Crippen LogP contribution in [0.3, 0.4) is 0 Å². The van der Waals surface area contributed by atoms with E-state index >= 15 is 0 Å². The van der Waals surface area contributed by atoms with Crippen molar-refractivity contribution in [3.63, 3.8) is 0 Å². The van der Waals surface area contributed by atoms with Gasteiger partial charge in [-0.3, -0.25) is 23.4 Å². The first kappa shape index (κ1) is 21.9. The molecule has 0 aliphatic carbocycles. The van der Waals surface area contributed by atoms with Gasteiger partial charge in [0.1, 0.15) is 17.0 Å². The van der Waals surface area contributed by atoms with Gasteiger partial charge in [-0.1, -0.05) is 18.2 Å². The predicted octanol–water partition coefficient (Wildman–Crippen LogP) is 1.33. The molecular weight excluding hydrogens is 452 g/mol. The third-order valence-electron chi connectivity index (χ3n) is 5.57. The Morgan fingerprint density at radius 3 is 2.57 bits per heavy atom. The number of benzene rings is 1. The molecule has 1 aromatic carbocycles. The van der Waals surface area contributed by atoms with Gasteiger partial charge in [0.05, 0.1) is 5.52 Å². The summed E-state index contributed by atoms with van der Waals surface area (Å²) in [7, 11) is 1.61. The number of nitrogens with zero attached hydrogens (tertiary/aromatic N) is 3. The minimum absolute atomic E-state index is 0.155. The van der Waals surface area contributed by atoms with Crippen molar-refractivity contribution < 1.29 is 14.0 Å². The van der Waals surface area contributed by atoms with Gasteiger partial charge >= 0.3 is 5.76 Å². The number of carbonyl (C=O) groups is 2. The molecule has 35 heavy (non-hydrogen) atoms. The van der Waals surface area contributed by atoms with Crippen molar-refractivity contribution in [1.82, 2.24) is 29.6 Å². The second-order valence-corrected chi connectivity index (χ2v) is 7.92. The van der Waals surface area contributed by atoms with Crippen LogP contribution in [0.1, 0.15) is 32.1 Å². The van der Waals surface area contributed by atoms with E-state index in [-0.39, 0.29) is 30.2 Å². The zero-order valence-electron chi connectivity index (χ0n) is 18.6. The second kappa shape index (κ2) is 8.78. The SMILES string of the molecule is Cn1c(=O)oc2ccc(CNC(=O)c3cn4c(C(=O)NCc5ccc(=O)[nH]c5)cccc4n3)cc21. The highest BCUT2D eigenvalue weighted by molar-refractivity contribution is 5.95. The van der Waals surface area contributed by atoms with E-state index in [4.69, 9.17) is 4.42 Å². The van der Waals surface area contributed by atoms with E-state index in [1.165, 1.54) is 23.0 Å². The smallest absolute Gasteiger partial charge is 0.408 e. The Balaban J connectivity index is 1.30. The summed E-state index contributed by atoms with van der Waals surface area (Å²) in [5.41, 5.74) is 3.32. The van der Waals surface area contributed by atoms with Crippen molar-refractivity contribution in [2.75, 3.05) is 0 Å². The van der Waals surface area contributed by atoms with Crippen LogP contribution in [0.15, 0.2) is 74.9 Å². The summed E-state index contributed by atoms with van der Waals surface area (Å²) in [6.45, 7) is 0.440. The predicted molar refractivity (Wildman–Crippen MR) is 126 cm³/mol. The number of pyridine rings is 2. The maximum absolute atomic E-state index is 12.8. The first-order chi connectivity index (χ1) is 16.9. The Hall–Kier alpha value is -4.93. The number of imidazole rings is 1. The average molecular weight is 472 g/mol. The van der Waals surface area contributed by atoms with E-state index in [2.05, 4.69) is 20.6 Å². The van der Waals surface area contributed by atoms with E-state index in [9.17, 15) is 19.2 Å². The largest absolute Gasteiger partial charge is 0.419 e. The first-order valence-electron chi connectivity index (χ1n) is 10.7. The molecule has 3 N–H and O–H groups in total. The molecule has 5 rings (SSSR count). The number of amides is 2. The van der Waals surface area contributed by atoms with Gasteiger partial charge in [0.25, 0.3) is 11.8 Å². The van der Waals surface area contributed by atoms with Crippen LogP contribution < -0.4 is 21.9 Å². The molecule has 0 atom stereocenters. The highest BCUT2D eigenvalue weighted by atomic mass is 16.4. The standard InChI is InChI=1S/C24H20N6O5/c1-29-18-9-14(5-7-19(18)35-24(29)34)10-26-22(32)16-13-30-17(3-2-4-20(30)28-16)23(33)27-12-15-6-8-21(31)25-11-15/h2-9,11,13H,10,12H2,1H3,(H,25,31)(H,26,32)(H,27,33). The zero-order valence-corrected chi connectivity index (χ0v) is 18.6. The van der Waals surface area contributed by atoms with Crippen LogP contribution in [0, 0.1) is 0 Å². The number of oxazole rings is 1. The highest BCUT2D eigenvalue weighted by Crippen LogP contribution is 2.15. The van der Waals surface area contributed by atoms with E-state index in [0.717, 1.165) is 11.1 Å². The fourth-order valence-corrected chi connectivity index (χ4v) is 3.69. The van der Waals surface area contributed by atoms with Crippen molar-refractivity contribution in [1.29, 1.82) is 0 Å². The van der Waals surface area contributed by atoms with Crippen molar-refractivity contribution in [2.24, 2.45) is 7.05 Å². The average Bonchev–Trinajstić information content (AvgIpc) is 3.42. The number of H-pyrrole nitrogens is 1. The molecule has 0 aliphatic rings. The van der Waals surface area contributed by atoms with Gasteiger partial charge in [0, 0.05) is 38.6 Å². The van der Waals surface area contributed by atoms with Crippen molar-refractivity contribution in [3.8, 4) is 0 Å². The van der Waals surface area contributed by atoms with E-state index in [1.54, 1.807) is 53.9 Å². The third-order valence-corrected chi connectivity index (χ3v) is 5.57. The molecule has 5 aromatic rings. The molecule has 0 unspecified atom stereocenters. The highest BCUT2D eigenvalue weighted by Gasteiger charge is 2.16. The molecule has 0 saturated carbocycles. The number of nitrogens with one attached hydrogen (secondary N) is 3. The van der Waals surface area contributed by atoms with Crippen LogP contribution in [-0.4, -0.2) is 30.8 Å². The van der Waals surface area contributed by atoms with Gasteiger partial charge in [0.2, 0.25) is 5.56 Å². The molecule has 0 bridgehead atoms. The normalized spacial score (nSPS) is 11.1. The summed E-state index contributed by atoms with van der Waals surface area (Å²) in [5, 5.41) is 5.60. The Morgan fingerprint density at radius 2 is 1.77 bits per heavy atom. The summed E-state index contributed by atoms with van der Waals surface area (Å²) in [6.07, 6.45) is 3.04. The van der Waals surface area contributed by atoms with E-state index < -0.39 is 11.7 Å². The van der Waals surface area contributed by atoms with Crippen molar-refractivity contribution in [2.45, 2.75) is 13.1 Å². The topological polar surface area (TPSA) is 144 Å². The summed E-state index contributed by atoms with van der Waals surface area (Å²) >= 11 is 0. The van der Waals surface area contributed by atoms with Crippen LogP contribution in [0.4, 0.5) is 0 Å². The lowest BCUT2D eigenvalue weighted by atomic mass is 10.2. The number of aromatic amines is 1. The fourth-order valence-electron chi connectivity index (χ4n) is 3.69. The molecule has 0 spiro atoms. The van der Waals surface area contributed by atoms with Crippen LogP contribution in [0.2, 0.25) is 0 Å². The third kappa shape index (κ3) is 4.34. The molecule has 11 nitrogen and oxygen atoms in total. The van der Waals surface area contributed by atoms with Gasteiger partial charge in [-0.15, -0.1) is 0 Å². The first-order valence-corrected chi connectivity index (χ1v) is 10.7. The fraction of sp³-hybridized carbons (Fsp3) is 0.125. The summed E-state index contributed by atoms with van der Waals surface area (Å²) < 4.78 is 8.06. The lowest BCUT2D eigenvalue weighted by Gasteiger charge is -2.07. The molecular formula is C24H20N6O5. The number of fused-ring (bicyclic) bond motifs is 2. The Kier molecular flexibility index (Phi) is 5.49. The van der Waals surface area contributed by atoms with Gasteiger partial charge < -0.3 is 20.0 Å². The summed E-state index contributed by atoms with van der Waals surface area (Å²) in [4.78, 5) is 55.2. The van der Waals surface area contributed by atoms with Crippen LogP contribution in [0.5, 0.6) is 0 Å². The molecule has 0 fully saturated rings. The quantitative estimate of drug-likeness (QED) is 0.340. The van der Waals surface area contributed by atoms with E-state index in [0.29, 0.717) is 22.4 Å². The molecule has 0 radical (unpaired) electrons. The van der Waals surface area contributed by atoms with Crippen LogP contribution in [-0.2, 0) is 20.1 Å². The maximum Gasteiger partial charge on any atom is 0.419 e. The molecule has 11 heteroatoms. The van der Waals surface area contributed by atoms with Gasteiger partial charge in [-0.05, 0) is 35.4 Å². The maximum atomic E-state index is 12.8. The number of aromatic nitrogens is 4. The van der Waals surface area contributed by atoms with Crippen LogP contribution >= 0.6 is 0 Å². The Morgan fingerprint density at radius 1 is 1.00 bits per heavy atom. The number of rotatable bonds is 6. The van der Waals surface area contributed by atoms with Crippen molar-refractivity contribution >= 4 is 28.6 Å². The molecule has 2 amide bonds. The lowest BCUT2D eigenvalue weighted by Crippen LogP contribution is -2.25. The molecule has 0 aliphatic heterocycles. The van der Waals surface area contributed by atoms with Crippen LogP contribution in [0.25, 0.3) is 16.7 Å². The summed E-state index contributed by atoms with van der Waals surface area (Å²) in [6, 6.07) is 13.2. The monoisotopic (exact) mass is 472 g/mol. The minimum atomic E-state index is -0.454. The Bertz CT molecular complexity index is 1690. The minimum Gasteiger partial charge on any atom is -0.408 e. The zero-order chi connectivity index (χ0) is 24.5. The second-order valence-electron chi connectivity index (χ2n) is 7.92. The number of carbonyl (C=O) groups excluding carboxylic acids is 2. The van der Waals surface area contributed by atoms with Gasteiger partial charge in [0.15, 0.2) is 5.58 Å². The molecule has 176 valence electrons. The summed E-state index contributed by atoms with van der Waals surface area (Å²) in [5.74, 6) is -1.22. The molecule has 4 heterocycles.